The largest absolute Gasteiger partial charge is 0.484 e. The van der Waals surface area contributed by atoms with Gasteiger partial charge < -0.3 is 15.2 Å². The van der Waals surface area contributed by atoms with E-state index in [-0.39, 0.29) is 25.5 Å². The maximum atomic E-state index is 11.2. The highest BCUT2D eigenvalue weighted by molar-refractivity contribution is 5.78. The normalized spacial score (nSPS) is 9.50. The summed E-state index contributed by atoms with van der Waals surface area (Å²) in [5, 5.41) is 10.8. The van der Waals surface area contributed by atoms with Gasteiger partial charge in [0.15, 0.2) is 6.61 Å². The van der Waals surface area contributed by atoms with E-state index in [2.05, 4.69) is 11.4 Å². The number of amides is 1. The monoisotopic (exact) mass is 222 g/mol. The summed E-state index contributed by atoms with van der Waals surface area (Å²) in [7, 11) is 0. The van der Waals surface area contributed by atoms with E-state index in [1.54, 1.807) is 24.3 Å². The van der Waals surface area contributed by atoms with Gasteiger partial charge in [0.2, 0.25) is 0 Å². The fourth-order valence-electron chi connectivity index (χ4n) is 0.975. The van der Waals surface area contributed by atoms with Gasteiger partial charge in [-0.25, -0.2) is 0 Å². The smallest absolute Gasteiger partial charge is 0.305 e. The van der Waals surface area contributed by atoms with Crippen LogP contribution in [0.15, 0.2) is 24.3 Å². The van der Waals surface area contributed by atoms with Crippen LogP contribution in [0, 0.1) is 6.07 Å². The van der Waals surface area contributed by atoms with Gasteiger partial charge in [-0.3, -0.25) is 9.59 Å². The molecule has 0 aliphatic rings. The fraction of sp³-hybridized carbons (Fsp3) is 0.273. The molecule has 1 aromatic rings. The molecule has 0 aliphatic heterocycles. The lowest BCUT2D eigenvalue weighted by Crippen LogP contribution is -2.30. The summed E-state index contributed by atoms with van der Waals surface area (Å²) >= 11 is 0. The Balaban J connectivity index is 2.18. The molecule has 0 aromatic heterocycles. The van der Waals surface area contributed by atoms with Crippen molar-refractivity contribution in [3.8, 4) is 5.75 Å². The summed E-state index contributed by atoms with van der Waals surface area (Å²) in [4.78, 5) is 21.3. The van der Waals surface area contributed by atoms with Crippen LogP contribution in [0.3, 0.4) is 0 Å². The number of carbonyl (C=O) groups is 2. The maximum Gasteiger partial charge on any atom is 0.305 e. The highest BCUT2D eigenvalue weighted by atomic mass is 16.5. The summed E-state index contributed by atoms with van der Waals surface area (Å²) in [6, 6.07) is 9.60. The number of aliphatic carboxylic acids is 1. The number of ether oxygens (including phenoxy) is 1. The topological polar surface area (TPSA) is 75.6 Å². The number of carboxylic acids is 1. The van der Waals surface area contributed by atoms with E-state index in [1.165, 1.54) is 0 Å². The van der Waals surface area contributed by atoms with Crippen LogP contribution in [-0.4, -0.2) is 30.1 Å². The van der Waals surface area contributed by atoms with Gasteiger partial charge in [0.25, 0.3) is 5.91 Å². The van der Waals surface area contributed by atoms with Crippen molar-refractivity contribution in [1.29, 1.82) is 0 Å². The van der Waals surface area contributed by atoms with Gasteiger partial charge in [-0.2, -0.15) is 0 Å². The average molecular weight is 222 g/mol. The minimum Gasteiger partial charge on any atom is -0.484 e. The van der Waals surface area contributed by atoms with Crippen LogP contribution < -0.4 is 10.1 Å². The summed E-state index contributed by atoms with van der Waals surface area (Å²) in [6.07, 6.45) is -0.0924. The molecule has 0 spiro atoms. The molecular formula is C11H12NO4. The van der Waals surface area contributed by atoms with E-state index in [0.29, 0.717) is 5.75 Å². The molecule has 0 saturated carbocycles. The first-order chi connectivity index (χ1) is 7.68. The molecule has 16 heavy (non-hydrogen) atoms. The third kappa shape index (κ3) is 4.99. The van der Waals surface area contributed by atoms with Crippen molar-refractivity contribution in [2.75, 3.05) is 13.2 Å². The molecular weight excluding hydrogens is 210 g/mol. The second-order valence-electron chi connectivity index (χ2n) is 3.02. The quantitative estimate of drug-likeness (QED) is 0.733. The Labute approximate surface area is 93.0 Å². The summed E-state index contributed by atoms with van der Waals surface area (Å²) < 4.78 is 5.13. The zero-order valence-electron chi connectivity index (χ0n) is 8.60. The molecule has 0 bridgehead atoms. The molecule has 5 heteroatoms. The summed E-state index contributed by atoms with van der Waals surface area (Å²) in [6.45, 7) is -0.0179. The number of benzene rings is 1. The van der Waals surface area contributed by atoms with Crippen molar-refractivity contribution in [3.05, 3.63) is 30.3 Å². The lowest BCUT2D eigenvalue weighted by Gasteiger charge is -2.05. The van der Waals surface area contributed by atoms with Crippen LogP contribution in [0.5, 0.6) is 5.75 Å². The fourth-order valence-corrected chi connectivity index (χ4v) is 0.975. The standard InChI is InChI=1S/C11H12NO4/c13-10(12-7-6-11(14)15)8-16-9-4-2-1-3-5-9/h1-2,4-5H,6-8H2,(H,12,13)(H,14,15). The SMILES string of the molecule is O=C(O)CCNC(=O)COc1c[c]ccc1. The molecule has 1 radical (unpaired) electrons. The first-order valence-electron chi connectivity index (χ1n) is 4.76. The molecule has 5 nitrogen and oxygen atoms in total. The Hall–Kier alpha value is -2.04. The van der Waals surface area contributed by atoms with Crippen molar-refractivity contribution >= 4 is 11.9 Å². The van der Waals surface area contributed by atoms with Gasteiger partial charge in [-0.05, 0) is 18.2 Å². The third-order valence-corrected chi connectivity index (χ3v) is 1.71. The Bertz CT molecular complexity index is 350. The maximum absolute atomic E-state index is 11.2. The lowest BCUT2D eigenvalue weighted by atomic mass is 10.3. The first kappa shape index (κ1) is 12.0. The van der Waals surface area contributed by atoms with Gasteiger partial charge >= 0.3 is 5.97 Å². The van der Waals surface area contributed by atoms with Gasteiger partial charge in [0.1, 0.15) is 5.75 Å². The zero-order valence-corrected chi connectivity index (χ0v) is 8.60. The van der Waals surface area contributed by atoms with Crippen molar-refractivity contribution in [2.45, 2.75) is 6.42 Å². The Morgan fingerprint density at radius 1 is 1.50 bits per heavy atom. The predicted octanol–water partition coefficient (Wildman–Crippen LogP) is 0.456. The Kier molecular flexibility index (Phi) is 4.85. The van der Waals surface area contributed by atoms with Crippen molar-refractivity contribution in [3.63, 3.8) is 0 Å². The van der Waals surface area contributed by atoms with E-state index in [0.717, 1.165) is 0 Å². The van der Waals surface area contributed by atoms with E-state index in [4.69, 9.17) is 9.84 Å². The van der Waals surface area contributed by atoms with Gasteiger partial charge in [-0.15, -0.1) is 0 Å². The van der Waals surface area contributed by atoms with Crippen molar-refractivity contribution < 1.29 is 19.4 Å². The summed E-state index contributed by atoms with van der Waals surface area (Å²) in [5.74, 6) is -0.736. The van der Waals surface area contributed by atoms with E-state index >= 15 is 0 Å². The van der Waals surface area contributed by atoms with Gasteiger partial charge in [0, 0.05) is 6.54 Å². The van der Waals surface area contributed by atoms with Crippen LogP contribution in [0.25, 0.3) is 0 Å². The first-order valence-corrected chi connectivity index (χ1v) is 4.76. The van der Waals surface area contributed by atoms with E-state index < -0.39 is 5.97 Å². The zero-order chi connectivity index (χ0) is 11.8. The number of carbonyl (C=O) groups excluding carboxylic acids is 1. The molecule has 2 N–H and O–H groups in total. The second kappa shape index (κ2) is 6.44. The lowest BCUT2D eigenvalue weighted by molar-refractivity contribution is -0.137. The minimum atomic E-state index is -0.945. The van der Waals surface area contributed by atoms with Crippen LogP contribution in [0.2, 0.25) is 0 Å². The Morgan fingerprint density at radius 3 is 2.94 bits per heavy atom. The second-order valence-corrected chi connectivity index (χ2v) is 3.02. The number of rotatable bonds is 6. The molecule has 1 aromatic carbocycles. The molecule has 85 valence electrons. The van der Waals surface area contributed by atoms with Crippen LogP contribution in [-0.2, 0) is 9.59 Å². The molecule has 0 unspecified atom stereocenters. The highest BCUT2D eigenvalue weighted by Crippen LogP contribution is 2.06. The minimum absolute atomic E-state index is 0.0924. The molecule has 0 saturated heterocycles. The summed E-state index contributed by atoms with van der Waals surface area (Å²) in [5.41, 5.74) is 0. The van der Waals surface area contributed by atoms with Crippen LogP contribution in [0.1, 0.15) is 6.42 Å². The van der Waals surface area contributed by atoms with Crippen molar-refractivity contribution in [1.82, 2.24) is 5.32 Å². The Morgan fingerprint density at radius 2 is 2.31 bits per heavy atom. The van der Waals surface area contributed by atoms with Crippen LogP contribution in [0.4, 0.5) is 0 Å². The van der Waals surface area contributed by atoms with E-state index in [9.17, 15) is 9.59 Å². The molecule has 1 amide bonds. The number of hydrogen-bond donors (Lipinski definition) is 2. The molecule has 0 aliphatic carbocycles. The predicted molar refractivity (Wildman–Crippen MR) is 56.0 cm³/mol. The number of nitrogens with one attached hydrogen (secondary N) is 1. The number of carboxylic acid groups (broad SMARTS) is 1. The number of hydrogen-bond acceptors (Lipinski definition) is 3. The molecule has 1 rings (SSSR count). The van der Waals surface area contributed by atoms with Crippen LogP contribution >= 0.6 is 0 Å². The third-order valence-electron chi connectivity index (χ3n) is 1.71. The highest BCUT2D eigenvalue weighted by Gasteiger charge is 2.03. The van der Waals surface area contributed by atoms with Crippen molar-refractivity contribution in [2.24, 2.45) is 0 Å². The van der Waals surface area contributed by atoms with Gasteiger partial charge in [-0.1, -0.05) is 12.1 Å². The van der Waals surface area contributed by atoms with Gasteiger partial charge in [0.05, 0.1) is 6.42 Å². The molecule has 0 heterocycles. The average Bonchev–Trinajstić information content (AvgIpc) is 2.27. The molecule has 0 atom stereocenters. The molecule has 0 fully saturated rings. The van der Waals surface area contributed by atoms with E-state index in [1.807, 2.05) is 0 Å².